The predicted octanol–water partition coefficient (Wildman–Crippen LogP) is 5.08. The Balaban J connectivity index is 1.69. The van der Waals surface area contributed by atoms with Crippen LogP contribution in [0.1, 0.15) is 61.3 Å². The SMILES string of the molecule is CCOC(=O)c1c(N2C(=O)CC(Sc3cccc(N)c3)C2=O)sc2c1CCC(C(C)(C)C)C2. The zero-order valence-electron chi connectivity index (χ0n) is 19.5. The summed E-state index contributed by atoms with van der Waals surface area (Å²) in [4.78, 5) is 42.6. The highest BCUT2D eigenvalue weighted by atomic mass is 32.2. The van der Waals surface area contributed by atoms with E-state index in [0.29, 0.717) is 22.2 Å². The molecule has 6 nitrogen and oxygen atoms in total. The van der Waals surface area contributed by atoms with Crippen LogP contribution >= 0.6 is 23.1 Å². The van der Waals surface area contributed by atoms with Gasteiger partial charge in [-0.25, -0.2) is 9.69 Å². The number of rotatable bonds is 5. The van der Waals surface area contributed by atoms with E-state index in [-0.39, 0.29) is 30.3 Å². The monoisotopic (exact) mass is 486 g/mol. The number of benzene rings is 1. The average Bonchev–Trinajstić information content (AvgIpc) is 3.23. The minimum absolute atomic E-state index is 0.0910. The topological polar surface area (TPSA) is 89.7 Å². The molecule has 1 aliphatic heterocycles. The number of imide groups is 1. The number of ether oxygens (including phenoxy) is 1. The molecule has 2 aromatic rings. The highest BCUT2D eigenvalue weighted by Crippen LogP contribution is 2.47. The number of esters is 1. The van der Waals surface area contributed by atoms with Crippen LogP contribution in [0.5, 0.6) is 0 Å². The van der Waals surface area contributed by atoms with Gasteiger partial charge in [0.15, 0.2) is 0 Å². The van der Waals surface area contributed by atoms with Gasteiger partial charge in [0.1, 0.15) is 5.00 Å². The van der Waals surface area contributed by atoms with Crippen LogP contribution in [-0.2, 0) is 27.2 Å². The number of nitrogen functional groups attached to an aromatic ring is 1. The molecule has 8 heteroatoms. The summed E-state index contributed by atoms with van der Waals surface area (Å²) in [6, 6.07) is 7.28. The Bertz CT molecular complexity index is 1100. The van der Waals surface area contributed by atoms with E-state index in [1.54, 1.807) is 19.1 Å². The van der Waals surface area contributed by atoms with Gasteiger partial charge in [-0.2, -0.15) is 0 Å². The number of carbonyl (C=O) groups is 3. The van der Waals surface area contributed by atoms with Crippen LogP contribution in [0, 0.1) is 11.3 Å². The molecule has 1 aromatic heterocycles. The van der Waals surface area contributed by atoms with Crippen molar-refractivity contribution >= 4 is 51.6 Å². The van der Waals surface area contributed by atoms with E-state index in [1.165, 1.54) is 28.0 Å². The second kappa shape index (κ2) is 9.14. The summed E-state index contributed by atoms with van der Waals surface area (Å²) in [7, 11) is 0. The van der Waals surface area contributed by atoms with Crippen LogP contribution in [-0.4, -0.2) is 29.6 Å². The van der Waals surface area contributed by atoms with Crippen molar-refractivity contribution in [3.63, 3.8) is 0 Å². The Hall–Kier alpha value is -2.32. The minimum Gasteiger partial charge on any atom is -0.462 e. The first-order valence-electron chi connectivity index (χ1n) is 11.3. The predicted molar refractivity (Wildman–Crippen MR) is 133 cm³/mol. The van der Waals surface area contributed by atoms with Crippen molar-refractivity contribution in [3.05, 3.63) is 40.3 Å². The van der Waals surface area contributed by atoms with E-state index in [1.807, 2.05) is 12.1 Å². The summed E-state index contributed by atoms with van der Waals surface area (Å²) in [6.07, 6.45) is 2.65. The Morgan fingerprint density at radius 2 is 2.03 bits per heavy atom. The first-order valence-corrected chi connectivity index (χ1v) is 13.0. The van der Waals surface area contributed by atoms with Gasteiger partial charge < -0.3 is 10.5 Å². The number of hydrogen-bond donors (Lipinski definition) is 1. The molecule has 4 rings (SSSR count). The highest BCUT2D eigenvalue weighted by Gasteiger charge is 2.44. The molecule has 2 amide bonds. The third-order valence-electron chi connectivity index (χ3n) is 6.40. The summed E-state index contributed by atoms with van der Waals surface area (Å²) < 4.78 is 5.35. The van der Waals surface area contributed by atoms with Gasteiger partial charge in [0, 0.05) is 21.9 Å². The van der Waals surface area contributed by atoms with Crippen LogP contribution in [0.25, 0.3) is 0 Å². The lowest BCUT2D eigenvalue weighted by Gasteiger charge is -2.33. The fourth-order valence-electron chi connectivity index (χ4n) is 4.54. The standard InChI is InChI=1S/C25H30N2O4S2/c1-5-31-24(30)21-17-10-9-14(25(2,3)4)11-18(17)33-23(21)27-20(28)13-19(22(27)29)32-16-8-6-7-15(26)12-16/h6-8,12,14,19H,5,9-11,13,26H2,1-4H3. The number of thiophene rings is 1. The molecular formula is C25H30N2O4S2. The van der Waals surface area contributed by atoms with E-state index >= 15 is 0 Å². The number of carbonyl (C=O) groups excluding carboxylic acids is 3. The largest absolute Gasteiger partial charge is 0.462 e. The van der Waals surface area contributed by atoms with Crippen molar-refractivity contribution in [1.29, 1.82) is 0 Å². The van der Waals surface area contributed by atoms with Gasteiger partial charge in [0.25, 0.3) is 0 Å². The Morgan fingerprint density at radius 1 is 1.27 bits per heavy atom. The molecule has 1 saturated heterocycles. The maximum absolute atomic E-state index is 13.4. The lowest BCUT2D eigenvalue weighted by molar-refractivity contribution is -0.121. The van der Waals surface area contributed by atoms with Crippen molar-refractivity contribution in [2.75, 3.05) is 17.2 Å². The van der Waals surface area contributed by atoms with Gasteiger partial charge in [-0.05, 0) is 61.3 Å². The number of nitrogens with two attached hydrogens (primary N) is 1. The molecule has 2 atom stereocenters. The van der Waals surface area contributed by atoms with Crippen LogP contribution in [0.4, 0.5) is 10.7 Å². The number of anilines is 2. The summed E-state index contributed by atoms with van der Waals surface area (Å²) in [5.41, 5.74) is 7.97. The summed E-state index contributed by atoms with van der Waals surface area (Å²) in [5.74, 6) is -0.544. The molecule has 1 fully saturated rings. The molecule has 0 radical (unpaired) electrons. The maximum atomic E-state index is 13.4. The van der Waals surface area contributed by atoms with E-state index in [2.05, 4.69) is 20.8 Å². The first kappa shape index (κ1) is 23.8. The molecule has 1 aliphatic carbocycles. The lowest BCUT2D eigenvalue weighted by Crippen LogP contribution is -2.32. The zero-order chi connectivity index (χ0) is 23.9. The molecule has 1 aromatic carbocycles. The lowest BCUT2D eigenvalue weighted by atomic mass is 9.72. The molecule has 0 bridgehead atoms. The molecule has 2 aliphatic rings. The highest BCUT2D eigenvalue weighted by molar-refractivity contribution is 8.00. The van der Waals surface area contributed by atoms with Crippen LogP contribution in [0.15, 0.2) is 29.2 Å². The average molecular weight is 487 g/mol. The van der Waals surface area contributed by atoms with Gasteiger partial charge in [-0.1, -0.05) is 26.8 Å². The first-order chi connectivity index (χ1) is 15.6. The summed E-state index contributed by atoms with van der Waals surface area (Å²) >= 11 is 2.74. The molecule has 2 heterocycles. The Kier molecular flexibility index (Phi) is 6.60. The van der Waals surface area contributed by atoms with Gasteiger partial charge in [-0.3, -0.25) is 9.59 Å². The number of nitrogens with zero attached hydrogens (tertiary/aromatic N) is 1. The van der Waals surface area contributed by atoms with Crippen LogP contribution in [0.2, 0.25) is 0 Å². The normalized spacial score (nSPS) is 20.8. The molecule has 2 N–H and O–H groups in total. The minimum atomic E-state index is -0.546. The van der Waals surface area contributed by atoms with E-state index < -0.39 is 11.2 Å². The molecule has 0 spiro atoms. The molecule has 2 unspecified atom stereocenters. The van der Waals surface area contributed by atoms with E-state index in [4.69, 9.17) is 10.5 Å². The van der Waals surface area contributed by atoms with Crippen molar-refractivity contribution < 1.29 is 19.1 Å². The van der Waals surface area contributed by atoms with Gasteiger partial charge in [0.05, 0.1) is 17.4 Å². The van der Waals surface area contributed by atoms with Crippen molar-refractivity contribution in [3.8, 4) is 0 Å². The van der Waals surface area contributed by atoms with Gasteiger partial charge in [0.2, 0.25) is 11.8 Å². The smallest absolute Gasteiger partial charge is 0.341 e. The van der Waals surface area contributed by atoms with Crippen LogP contribution in [0.3, 0.4) is 0 Å². The molecule has 0 saturated carbocycles. The fraction of sp³-hybridized carbons (Fsp3) is 0.480. The quantitative estimate of drug-likeness (QED) is 0.360. The van der Waals surface area contributed by atoms with Crippen molar-refractivity contribution in [2.24, 2.45) is 11.3 Å². The van der Waals surface area contributed by atoms with E-state index in [9.17, 15) is 14.4 Å². The van der Waals surface area contributed by atoms with Crippen molar-refractivity contribution in [2.45, 2.75) is 63.5 Å². The third kappa shape index (κ3) is 4.68. The Labute approximate surface area is 202 Å². The van der Waals surface area contributed by atoms with E-state index in [0.717, 1.165) is 34.6 Å². The number of thioether (sulfide) groups is 1. The summed E-state index contributed by atoms with van der Waals surface area (Å²) in [6.45, 7) is 8.69. The van der Waals surface area contributed by atoms with Gasteiger partial charge >= 0.3 is 5.97 Å². The maximum Gasteiger partial charge on any atom is 0.341 e. The number of amides is 2. The second-order valence-electron chi connectivity index (χ2n) is 9.66. The molecular weight excluding hydrogens is 456 g/mol. The zero-order valence-corrected chi connectivity index (χ0v) is 21.1. The van der Waals surface area contributed by atoms with Crippen LogP contribution < -0.4 is 10.6 Å². The number of hydrogen-bond acceptors (Lipinski definition) is 7. The van der Waals surface area contributed by atoms with Crippen molar-refractivity contribution in [1.82, 2.24) is 0 Å². The number of fused-ring (bicyclic) bond motifs is 1. The molecule has 33 heavy (non-hydrogen) atoms. The second-order valence-corrected chi connectivity index (χ2v) is 12.0. The fourth-order valence-corrected chi connectivity index (χ4v) is 7.10. The Morgan fingerprint density at radius 3 is 2.70 bits per heavy atom. The third-order valence-corrected chi connectivity index (χ3v) is 8.81. The van der Waals surface area contributed by atoms with Gasteiger partial charge in [-0.15, -0.1) is 23.1 Å². The molecule has 176 valence electrons. The summed E-state index contributed by atoms with van der Waals surface area (Å²) in [5, 5.41) is -0.116.